The van der Waals surface area contributed by atoms with Gasteiger partial charge in [0.15, 0.2) is 0 Å². The molecule has 0 spiro atoms. The number of amides is 2. The van der Waals surface area contributed by atoms with Crippen LogP contribution >= 0.6 is 0 Å². The lowest BCUT2D eigenvalue weighted by molar-refractivity contribution is -0.134. The van der Waals surface area contributed by atoms with E-state index in [1.807, 2.05) is 31.2 Å². The van der Waals surface area contributed by atoms with Gasteiger partial charge >= 0.3 is 12.1 Å². The highest BCUT2D eigenvalue weighted by molar-refractivity contribution is 5.88. The highest BCUT2D eigenvalue weighted by Crippen LogP contribution is 2.44. The first-order valence-electron chi connectivity index (χ1n) is 12.2. The van der Waals surface area contributed by atoms with Gasteiger partial charge in [0.25, 0.3) is 0 Å². The summed E-state index contributed by atoms with van der Waals surface area (Å²) >= 11 is 0. The summed E-state index contributed by atoms with van der Waals surface area (Å²) in [5, 5.41) is 15.1. The lowest BCUT2D eigenvalue weighted by atomic mass is 9.83. The summed E-state index contributed by atoms with van der Waals surface area (Å²) in [5.74, 6) is -1.11. The number of aliphatic carboxylic acids is 1. The normalized spacial score (nSPS) is 24.9. The molecule has 35 heavy (non-hydrogen) atoms. The van der Waals surface area contributed by atoms with Crippen LogP contribution in [-0.2, 0) is 14.3 Å². The lowest BCUT2D eigenvalue weighted by Crippen LogP contribution is -2.53. The summed E-state index contributed by atoms with van der Waals surface area (Å²) in [6.07, 6.45) is 4.14. The van der Waals surface area contributed by atoms with Crippen molar-refractivity contribution in [3.05, 3.63) is 71.3 Å². The zero-order valence-electron chi connectivity index (χ0n) is 19.8. The highest BCUT2D eigenvalue weighted by atomic mass is 16.5. The first-order chi connectivity index (χ1) is 16.9. The van der Waals surface area contributed by atoms with Gasteiger partial charge < -0.3 is 20.5 Å². The van der Waals surface area contributed by atoms with Crippen molar-refractivity contribution in [1.29, 1.82) is 0 Å². The Hall–Kier alpha value is -3.61. The molecule has 0 saturated heterocycles. The van der Waals surface area contributed by atoms with Crippen molar-refractivity contribution < 1.29 is 24.2 Å². The number of carboxylic acids is 1. The van der Waals surface area contributed by atoms with Crippen molar-refractivity contribution in [2.45, 2.75) is 57.0 Å². The molecule has 1 fully saturated rings. The fourth-order valence-corrected chi connectivity index (χ4v) is 5.80. The lowest BCUT2D eigenvalue weighted by Gasteiger charge is -2.32. The molecule has 0 aliphatic heterocycles. The molecule has 3 unspecified atom stereocenters. The van der Waals surface area contributed by atoms with Crippen LogP contribution in [0.2, 0.25) is 0 Å². The number of carbonyl (C=O) groups excluding carboxylic acids is 2. The molecule has 182 valence electrons. The molecule has 7 nitrogen and oxygen atoms in total. The molecule has 2 aromatic rings. The molecular weight excluding hydrogens is 444 g/mol. The Morgan fingerprint density at radius 1 is 1.03 bits per heavy atom. The molecule has 2 aromatic carbocycles. The number of alkyl carbamates (subject to hydrolysis) is 1. The van der Waals surface area contributed by atoms with Crippen LogP contribution in [0.25, 0.3) is 11.1 Å². The molecule has 1 saturated carbocycles. The maximum absolute atomic E-state index is 13.2. The smallest absolute Gasteiger partial charge is 0.407 e. The van der Waals surface area contributed by atoms with E-state index >= 15 is 0 Å². The summed E-state index contributed by atoms with van der Waals surface area (Å²) < 4.78 is 5.69. The van der Waals surface area contributed by atoms with Crippen LogP contribution in [0, 0.1) is 5.41 Å². The van der Waals surface area contributed by atoms with Gasteiger partial charge in [-0.1, -0.05) is 61.0 Å². The molecule has 3 atom stereocenters. The Morgan fingerprint density at radius 2 is 1.69 bits per heavy atom. The summed E-state index contributed by atoms with van der Waals surface area (Å²) in [6.45, 7) is 2.09. The number of hydrogen-bond acceptors (Lipinski definition) is 4. The molecule has 7 heteroatoms. The third-order valence-electron chi connectivity index (χ3n) is 7.84. The molecule has 3 aliphatic rings. The van der Waals surface area contributed by atoms with E-state index in [9.17, 15) is 14.4 Å². The van der Waals surface area contributed by atoms with Crippen molar-refractivity contribution in [3.8, 4) is 11.1 Å². The second-order valence-electron chi connectivity index (χ2n) is 9.98. The quantitative estimate of drug-likeness (QED) is 0.577. The topological polar surface area (TPSA) is 105 Å². The minimum atomic E-state index is -0.941. The van der Waals surface area contributed by atoms with E-state index in [2.05, 4.69) is 34.9 Å². The molecule has 3 aliphatic carbocycles. The van der Waals surface area contributed by atoms with Crippen LogP contribution in [0.5, 0.6) is 0 Å². The number of carbonyl (C=O) groups is 3. The SMILES string of the molecule is CC1(C(=O)NC2CC=C(C(=O)O)C2)CCCC1NC(=O)OCC1c2ccccc2-c2ccccc21. The molecule has 3 N–H and O–H groups in total. The zero-order valence-corrected chi connectivity index (χ0v) is 19.8. The summed E-state index contributed by atoms with van der Waals surface area (Å²) in [7, 11) is 0. The molecule has 0 radical (unpaired) electrons. The summed E-state index contributed by atoms with van der Waals surface area (Å²) in [4.78, 5) is 37.1. The van der Waals surface area contributed by atoms with Gasteiger partial charge in [0, 0.05) is 23.6 Å². The van der Waals surface area contributed by atoms with Gasteiger partial charge in [0.1, 0.15) is 6.61 Å². The predicted octanol–water partition coefficient (Wildman–Crippen LogP) is 4.37. The van der Waals surface area contributed by atoms with Crippen LogP contribution in [0.3, 0.4) is 0 Å². The number of fused-ring (bicyclic) bond motifs is 3. The monoisotopic (exact) mass is 474 g/mol. The van der Waals surface area contributed by atoms with Gasteiger partial charge in [0.2, 0.25) is 5.91 Å². The van der Waals surface area contributed by atoms with E-state index in [4.69, 9.17) is 9.84 Å². The average Bonchev–Trinajstić information content (AvgIpc) is 3.55. The molecule has 0 aromatic heterocycles. The third-order valence-corrected chi connectivity index (χ3v) is 7.84. The Bertz CT molecular complexity index is 1160. The minimum absolute atomic E-state index is 0.0234. The molecular formula is C28H30N2O5. The van der Waals surface area contributed by atoms with E-state index in [-0.39, 0.29) is 30.5 Å². The molecule has 0 heterocycles. The Labute approximate surface area is 204 Å². The second kappa shape index (κ2) is 9.21. The summed E-state index contributed by atoms with van der Waals surface area (Å²) in [6, 6.07) is 15.8. The standard InChI is InChI=1S/C28H30N2O5/c1-28(26(33)29-18-13-12-17(15-18)25(31)32)14-6-11-24(28)30-27(34)35-16-23-21-9-4-2-7-19(21)20-8-3-5-10-22(20)23/h2-5,7-10,12,18,23-24H,6,11,13-16H2,1H3,(H,29,33)(H,30,34)(H,31,32). The first-order valence-corrected chi connectivity index (χ1v) is 12.2. The fraction of sp³-hybridized carbons (Fsp3) is 0.393. The van der Waals surface area contributed by atoms with E-state index in [1.165, 1.54) is 11.1 Å². The van der Waals surface area contributed by atoms with E-state index in [0.29, 0.717) is 31.3 Å². The Balaban J connectivity index is 1.20. The molecule has 2 amide bonds. The van der Waals surface area contributed by atoms with Crippen molar-refractivity contribution >= 4 is 18.0 Å². The number of carboxylic acid groups (broad SMARTS) is 1. The number of rotatable bonds is 6. The van der Waals surface area contributed by atoms with Crippen LogP contribution in [0.1, 0.15) is 56.1 Å². The van der Waals surface area contributed by atoms with E-state index in [0.717, 1.165) is 17.5 Å². The van der Waals surface area contributed by atoms with Crippen molar-refractivity contribution in [3.63, 3.8) is 0 Å². The maximum atomic E-state index is 13.2. The Morgan fingerprint density at radius 3 is 2.31 bits per heavy atom. The predicted molar refractivity (Wildman–Crippen MR) is 131 cm³/mol. The number of nitrogens with one attached hydrogen (secondary N) is 2. The molecule has 5 rings (SSSR count). The second-order valence-corrected chi connectivity index (χ2v) is 9.98. The zero-order chi connectivity index (χ0) is 24.6. The number of hydrogen-bond donors (Lipinski definition) is 3. The van der Waals surface area contributed by atoms with Gasteiger partial charge in [-0.2, -0.15) is 0 Å². The van der Waals surface area contributed by atoms with Gasteiger partial charge in [-0.25, -0.2) is 9.59 Å². The van der Waals surface area contributed by atoms with Crippen molar-refractivity contribution in [2.75, 3.05) is 6.61 Å². The number of benzene rings is 2. The van der Waals surface area contributed by atoms with Gasteiger partial charge in [-0.15, -0.1) is 0 Å². The van der Waals surface area contributed by atoms with Crippen LogP contribution in [0.15, 0.2) is 60.2 Å². The maximum Gasteiger partial charge on any atom is 0.407 e. The van der Waals surface area contributed by atoms with Crippen LogP contribution < -0.4 is 10.6 Å². The van der Waals surface area contributed by atoms with Gasteiger partial charge in [-0.3, -0.25) is 4.79 Å². The third kappa shape index (κ3) is 4.31. The minimum Gasteiger partial charge on any atom is -0.478 e. The van der Waals surface area contributed by atoms with E-state index in [1.54, 1.807) is 6.08 Å². The van der Waals surface area contributed by atoms with Gasteiger partial charge in [0.05, 0.1) is 5.41 Å². The molecule has 0 bridgehead atoms. The van der Waals surface area contributed by atoms with Crippen molar-refractivity contribution in [1.82, 2.24) is 10.6 Å². The Kier molecular flexibility index (Phi) is 6.09. The van der Waals surface area contributed by atoms with E-state index < -0.39 is 17.5 Å². The highest BCUT2D eigenvalue weighted by Gasteiger charge is 2.46. The number of ether oxygens (including phenoxy) is 1. The van der Waals surface area contributed by atoms with Gasteiger partial charge in [-0.05, 0) is 54.9 Å². The fourth-order valence-electron chi connectivity index (χ4n) is 5.80. The van der Waals surface area contributed by atoms with Crippen LogP contribution in [0.4, 0.5) is 4.79 Å². The first kappa shape index (κ1) is 23.1. The average molecular weight is 475 g/mol. The summed E-state index contributed by atoms with van der Waals surface area (Å²) in [5.41, 5.74) is 4.21. The van der Waals surface area contributed by atoms with Crippen molar-refractivity contribution in [2.24, 2.45) is 5.41 Å². The largest absolute Gasteiger partial charge is 0.478 e. The van der Waals surface area contributed by atoms with Crippen LogP contribution in [-0.4, -0.2) is 41.8 Å².